The Morgan fingerprint density at radius 2 is 2.10 bits per heavy atom. The van der Waals surface area contributed by atoms with Crippen molar-refractivity contribution in [3.63, 3.8) is 0 Å². The van der Waals surface area contributed by atoms with E-state index in [9.17, 15) is 9.59 Å². The van der Waals surface area contributed by atoms with Gasteiger partial charge in [0, 0.05) is 26.1 Å². The van der Waals surface area contributed by atoms with Crippen molar-refractivity contribution >= 4 is 11.8 Å². The van der Waals surface area contributed by atoms with Crippen molar-refractivity contribution in [3.8, 4) is 0 Å². The highest BCUT2D eigenvalue weighted by molar-refractivity contribution is 5.81. The molecule has 114 valence electrons. The molecule has 1 heterocycles. The standard InChI is InChI=1S/C16H23N3O2/c17-14(12-13-6-2-1-3-7-13)16(21)18-9-5-11-19-10-4-8-15(19)20/h1-3,6-7,14H,4-5,8-12,17H2,(H,18,21)/t14-/m0/s1. The first-order chi connectivity index (χ1) is 10.2. The molecular weight excluding hydrogens is 266 g/mol. The van der Waals surface area contributed by atoms with Crippen molar-refractivity contribution in [1.29, 1.82) is 0 Å². The van der Waals surface area contributed by atoms with Gasteiger partial charge in [0.05, 0.1) is 6.04 Å². The van der Waals surface area contributed by atoms with E-state index >= 15 is 0 Å². The highest BCUT2D eigenvalue weighted by Crippen LogP contribution is 2.09. The number of hydrogen-bond acceptors (Lipinski definition) is 3. The lowest BCUT2D eigenvalue weighted by Crippen LogP contribution is -2.42. The monoisotopic (exact) mass is 289 g/mol. The minimum Gasteiger partial charge on any atom is -0.355 e. The first-order valence-electron chi connectivity index (χ1n) is 7.52. The molecule has 5 heteroatoms. The van der Waals surface area contributed by atoms with Crippen LogP contribution in [0.1, 0.15) is 24.8 Å². The fraction of sp³-hybridized carbons (Fsp3) is 0.500. The first kappa shape index (κ1) is 15.5. The quantitative estimate of drug-likeness (QED) is 0.725. The van der Waals surface area contributed by atoms with Crippen LogP contribution in [-0.4, -0.2) is 42.4 Å². The van der Waals surface area contributed by atoms with Gasteiger partial charge in [-0.25, -0.2) is 0 Å². The Bertz CT molecular complexity index is 476. The minimum atomic E-state index is -0.527. The van der Waals surface area contributed by atoms with Gasteiger partial charge in [-0.2, -0.15) is 0 Å². The van der Waals surface area contributed by atoms with Crippen LogP contribution < -0.4 is 11.1 Å². The number of likely N-dealkylation sites (tertiary alicyclic amines) is 1. The number of nitrogens with zero attached hydrogens (tertiary/aromatic N) is 1. The van der Waals surface area contributed by atoms with Crippen LogP contribution in [0.5, 0.6) is 0 Å². The zero-order chi connectivity index (χ0) is 15.1. The Morgan fingerprint density at radius 3 is 2.76 bits per heavy atom. The molecule has 0 aromatic heterocycles. The average molecular weight is 289 g/mol. The summed E-state index contributed by atoms with van der Waals surface area (Å²) in [6.45, 7) is 2.12. The van der Waals surface area contributed by atoms with Gasteiger partial charge < -0.3 is 16.0 Å². The molecule has 0 aliphatic carbocycles. The Balaban J connectivity index is 1.63. The fourth-order valence-corrected chi connectivity index (χ4v) is 2.51. The van der Waals surface area contributed by atoms with Crippen molar-refractivity contribution in [2.75, 3.05) is 19.6 Å². The molecule has 0 bridgehead atoms. The smallest absolute Gasteiger partial charge is 0.237 e. The zero-order valence-electron chi connectivity index (χ0n) is 12.3. The van der Waals surface area contributed by atoms with Gasteiger partial charge in [-0.3, -0.25) is 9.59 Å². The van der Waals surface area contributed by atoms with Crippen molar-refractivity contribution in [2.24, 2.45) is 5.73 Å². The van der Waals surface area contributed by atoms with Crippen LogP contribution in [0.25, 0.3) is 0 Å². The van der Waals surface area contributed by atoms with Crippen molar-refractivity contribution < 1.29 is 9.59 Å². The molecule has 1 atom stereocenters. The zero-order valence-corrected chi connectivity index (χ0v) is 12.3. The number of nitrogens with two attached hydrogens (primary N) is 1. The van der Waals surface area contributed by atoms with E-state index in [1.807, 2.05) is 35.2 Å². The summed E-state index contributed by atoms with van der Waals surface area (Å²) in [5.74, 6) is 0.0914. The van der Waals surface area contributed by atoms with E-state index in [2.05, 4.69) is 5.32 Å². The summed E-state index contributed by atoms with van der Waals surface area (Å²) in [5, 5.41) is 2.84. The second kappa shape index (κ2) is 7.78. The molecule has 0 spiro atoms. The molecule has 1 aromatic carbocycles. The summed E-state index contributed by atoms with van der Waals surface area (Å²) >= 11 is 0. The topological polar surface area (TPSA) is 75.4 Å². The van der Waals surface area contributed by atoms with Gasteiger partial charge in [0.25, 0.3) is 0 Å². The summed E-state index contributed by atoms with van der Waals surface area (Å²) in [4.78, 5) is 25.2. The van der Waals surface area contributed by atoms with E-state index in [1.54, 1.807) is 0 Å². The number of amides is 2. The Labute approximate surface area is 125 Å². The molecular formula is C16H23N3O2. The molecule has 1 aromatic rings. The fourth-order valence-electron chi connectivity index (χ4n) is 2.51. The van der Waals surface area contributed by atoms with Gasteiger partial charge in [-0.15, -0.1) is 0 Å². The third kappa shape index (κ3) is 4.86. The van der Waals surface area contributed by atoms with E-state index in [1.165, 1.54) is 0 Å². The maximum Gasteiger partial charge on any atom is 0.237 e. The van der Waals surface area contributed by atoms with Crippen LogP contribution in [-0.2, 0) is 16.0 Å². The van der Waals surface area contributed by atoms with Crippen molar-refractivity contribution in [2.45, 2.75) is 31.7 Å². The summed E-state index contributed by atoms with van der Waals surface area (Å²) in [7, 11) is 0. The van der Waals surface area contributed by atoms with Crippen LogP contribution >= 0.6 is 0 Å². The van der Waals surface area contributed by atoms with Crippen LogP contribution in [0.4, 0.5) is 0 Å². The highest BCUT2D eigenvalue weighted by Gasteiger charge is 2.19. The molecule has 0 radical (unpaired) electrons. The Morgan fingerprint density at radius 1 is 1.33 bits per heavy atom. The van der Waals surface area contributed by atoms with Gasteiger partial charge >= 0.3 is 0 Å². The van der Waals surface area contributed by atoms with Gasteiger partial charge in [0.1, 0.15) is 0 Å². The number of nitrogens with one attached hydrogen (secondary N) is 1. The molecule has 2 rings (SSSR count). The van der Waals surface area contributed by atoms with Crippen molar-refractivity contribution in [1.82, 2.24) is 10.2 Å². The minimum absolute atomic E-state index is 0.133. The van der Waals surface area contributed by atoms with Crippen LogP contribution in [0.3, 0.4) is 0 Å². The second-order valence-electron chi connectivity index (χ2n) is 5.43. The number of rotatable bonds is 7. The largest absolute Gasteiger partial charge is 0.355 e. The van der Waals surface area contributed by atoms with E-state index in [0.29, 0.717) is 25.9 Å². The lowest BCUT2D eigenvalue weighted by molar-refractivity contribution is -0.127. The summed E-state index contributed by atoms with van der Waals surface area (Å²) in [6, 6.07) is 9.22. The molecule has 2 amide bonds. The third-order valence-corrected chi connectivity index (χ3v) is 3.71. The molecule has 5 nitrogen and oxygen atoms in total. The van der Waals surface area contributed by atoms with Gasteiger partial charge in [0.15, 0.2) is 0 Å². The lowest BCUT2D eigenvalue weighted by Gasteiger charge is -2.16. The first-order valence-corrected chi connectivity index (χ1v) is 7.52. The van der Waals surface area contributed by atoms with Crippen molar-refractivity contribution in [3.05, 3.63) is 35.9 Å². The lowest BCUT2D eigenvalue weighted by atomic mass is 10.1. The van der Waals surface area contributed by atoms with E-state index in [-0.39, 0.29) is 11.8 Å². The predicted molar refractivity (Wildman–Crippen MR) is 81.6 cm³/mol. The van der Waals surface area contributed by atoms with E-state index in [4.69, 9.17) is 5.73 Å². The number of carbonyl (C=O) groups is 2. The molecule has 1 aliphatic heterocycles. The van der Waals surface area contributed by atoms with Gasteiger partial charge in [0.2, 0.25) is 11.8 Å². The highest BCUT2D eigenvalue weighted by atomic mass is 16.2. The summed E-state index contributed by atoms with van der Waals surface area (Å²) in [6.07, 6.45) is 2.92. The molecule has 1 saturated heterocycles. The van der Waals surface area contributed by atoms with Gasteiger partial charge in [-0.1, -0.05) is 30.3 Å². The maximum absolute atomic E-state index is 11.9. The van der Waals surface area contributed by atoms with Gasteiger partial charge in [-0.05, 0) is 24.8 Å². The second-order valence-corrected chi connectivity index (χ2v) is 5.43. The Hall–Kier alpha value is -1.88. The molecule has 1 fully saturated rings. The molecule has 1 aliphatic rings. The number of hydrogen-bond donors (Lipinski definition) is 2. The third-order valence-electron chi connectivity index (χ3n) is 3.71. The number of benzene rings is 1. The van der Waals surface area contributed by atoms with Crippen LogP contribution in [0, 0.1) is 0 Å². The molecule has 21 heavy (non-hydrogen) atoms. The predicted octanol–water partition coefficient (Wildman–Crippen LogP) is 0.685. The SMILES string of the molecule is N[C@@H](Cc1ccccc1)C(=O)NCCCN1CCCC1=O. The van der Waals surface area contributed by atoms with Crippen LogP contribution in [0.15, 0.2) is 30.3 Å². The molecule has 0 unspecified atom stereocenters. The maximum atomic E-state index is 11.9. The summed E-state index contributed by atoms with van der Waals surface area (Å²) in [5.41, 5.74) is 6.96. The summed E-state index contributed by atoms with van der Waals surface area (Å²) < 4.78 is 0. The van der Waals surface area contributed by atoms with Crippen LogP contribution in [0.2, 0.25) is 0 Å². The molecule has 0 saturated carbocycles. The normalized spacial score (nSPS) is 16.0. The molecule has 3 N–H and O–H groups in total. The Kier molecular flexibility index (Phi) is 5.75. The van der Waals surface area contributed by atoms with E-state index < -0.39 is 6.04 Å². The van der Waals surface area contributed by atoms with E-state index in [0.717, 1.165) is 24.9 Å². The average Bonchev–Trinajstić information content (AvgIpc) is 2.90. The number of carbonyl (C=O) groups excluding carboxylic acids is 2.